The molecule has 0 bridgehead atoms. The van der Waals surface area contributed by atoms with Crippen LogP contribution in [0.25, 0.3) is 0 Å². The summed E-state index contributed by atoms with van der Waals surface area (Å²) in [5, 5.41) is 0. The number of thioether (sulfide) groups is 1. The molecule has 1 aromatic carbocycles. The van der Waals surface area contributed by atoms with Gasteiger partial charge in [0.1, 0.15) is 0 Å². The number of ketones is 1. The van der Waals surface area contributed by atoms with Crippen LogP contribution in [-0.4, -0.2) is 41.8 Å². The minimum Gasteiger partial charge on any atom is -0.298 e. The van der Waals surface area contributed by atoms with Gasteiger partial charge < -0.3 is 0 Å². The summed E-state index contributed by atoms with van der Waals surface area (Å²) in [5.74, 6) is 2.45. The number of Topliss-reactive ketones (excluding diaryl/α,β-unsaturated/α-hetero) is 1. The van der Waals surface area contributed by atoms with Crippen LogP contribution >= 0.6 is 11.8 Å². The molecule has 1 aromatic rings. The molecule has 0 N–H and O–H groups in total. The Balaban J connectivity index is 2.08. The van der Waals surface area contributed by atoms with E-state index in [1.54, 1.807) is 0 Å². The summed E-state index contributed by atoms with van der Waals surface area (Å²) in [4.78, 5) is 14.6. The van der Waals surface area contributed by atoms with Crippen molar-refractivity contribution in [1.29, 1.82) is 0 Å². The van der Waals surface area contributed by atoms with E-state index in [0.29, 0.717) is 12.2 Å². The van der Waals surface area contributed by atoms with Gasteiger partial charge in [-0.05, 0) is 32.0 Å². The fraction of sp³-hybridized carbons (Fsp3) is 0.533. The molecule has 18 heavy (non-hydrogen) atoms. The average molecular weight is 263 g/mol. The summed E-state index contributed by atoms with van der Waals surface area (Å²) >= 11 is 1.89. The molecule has 1 aliphatic rings. The van der Waals surface area contributed by atoms with Gasteiger partial charge in [0.15, 0.2) is 5.78 Å². The van der Waals surface area contributed by atoms with Crippen molar-refractivity contribution < 1.29 is 4.79 Å². The molecular weight excluding hydrogens is 242 g/mol. The molecule has 3 heteroatoms. The number of likely N-dealkylation sites (N-methyl/N-ethyl adjacent to an activating group) is 1. The van der Waals surface area contributed by atoms with Gasteiger partial charge in [-0.2, -0.15) is 11.8 Å². The summed E-state index contributed by atoms with van der Waals surface area (Å²) in [6.07, 6.45) is 0.572. The highest BCUT2D eigenvalue weighted by molar-refractivity contribution is 7.99. The molecule has 2 nitrogen and oxygen atoms in total. The van der Waals surface area contributed by atoms with Crippen LogP contribution in [0.4, 0.5) is 0 Å². The largest absolute Gasteiger partial charge is 0.298 e. The number of nitrogens with zero attached hydrogens (tertiary/aromatic N) is 1. The monoisotopic (exact) mass is 263 g/mol. The second-order valence-electron chi connectivity index (χ2n) is 5.14. The van der Waals surface area contributed by atoms with Crippen molar-refractivity contribution in [3.05, 3.63) is 34.9 Å². The van der Waals surface area contributed by atoms with E-state index in [9.17, 15) is 4.79 Å². The first kappa shape index (κ1) is 13.6. The van der Waals surface area contributed by atoms with Gasteiger partial charge in [0, 0.05) is 24.5 Å². The zero-order valence-electron chi connectivity index (χ0n) is 11.4. The second kappa shape index (κ2) is 5.89. The number of rotatable bonds is 3. The van der Waals surface area contributed by atoms with E-state index in [2.05, 4.69) is 44.0 Å². The Kier molecular flexibility index (Phi) is 4.46. The molecule has 1 fully saturated rings. The third kappa shape index (κ3) is 3.15. The first-order valence-electron chi connectivity index (χ1n) is 6.45. The highest BCUT2D eigenvalue weighted by Crippen LogP contribution is 2.18. The SMILES string of the molecule is Cc1ccc(C)c(CC(=O)C2CSCCN2C)c1. The van der Waals surface area contributed by atoms with Crippen molar-refractivity contribution >= 4 is 17.5 Å². The van der Waals surface area contributed by atoms with E-state index in [0.717, 1.165) is 18.1 Å². The van der Waals surface area contributed by atoms with E-state index < -0.39 is 0 Å². The third-order valence-corrected chi connectivity index (χ3v) is 4.66. The molecule has 1 heterocycles. The van der Waals surface area contributed by atoms with Crippen LogP contribution < -0.4 is 0 Å². The predicted molar refractivity (Wildman–Crippen MR) is 78.4 cm³/mol. The Hall–Kier alpha value is -0.800. The van der Waals surface area contributed by atoms with E-state index >= 15 is 0 Å². The summed E-state index contributed by atoms with van der Waals surface area (Å²) < 4.78 is 0. The fourth-order valence-corrected chi connectivity index (χ4v) is 3.57. The summed E-state index contributed by atoms with van der Waals surface area (Å²) in [5.41, 5.74) is 3.64. The molecule has 1 atom stereocenters. The zero-order chi connectivity index (χ0) is 13.1. The molecule has 2 rings (SSSR count). The van der Waals surface area contributed by atoms with Crippen molar-refractivity contribution in [2.75, 3.05) is 25.1 Å². The van der Waals surface area contributed by atoms with Crippen molar-refractivity contribution in [1.82, 2.24) is 4.90 Å². The first-order valence-corrected chi connectivity index (χ1v) is 7.60. The van der Waals surface area contributed by atoms with Gasteiger partial charge in [0.2, 0.25) is 0 Å². The molecule has 0 amide bonds. The number of hydrogen-bond donors (Lipinski definition) is 0. The topological polar surface area (TPSA) is 20.3 Å². The molecule has 1 unspecified atom stereocenters. The Morgan fingerprint density at radius 3 is 2.94 bits per heavy atom. The highest BCUT2D eigenvalue weighted by Gasteiger charge is 2.26. The van der Waals surface area contributed by atoms with Crippen LogP contribution in [0.3, 0.4) is 0 Å². The van der Waals surface area contributed by atoms with Crippen molar-refractivity contribution in [3.63, 3.8) is 0 Å². The standard InChI is InChI=1S/C15H21NOS/c1-11-4-5-12(2)13(8-11)9-15(17)14-10-18-7-6-16(14)3/h4-5,8,14H,6-7,9-10H2,1-3H3. The Labute approximate surface area is 114 Å². The number of benzene rings is 1. The molecule has 0 saturated carbocycles. The molecular formula is C15H21NOS. The van der Waals surface area contributed by atoms with Crippen LogP contribution in [0.1, 0.15) is 16.7 Å². The maximum atomic E-state index is 12.4. The molecule has 0 spiro atoms. The molecule has 1 saturated heterocycles. The van der Waals surface area contributed by atoms with Crippen LogP contribution in [-0.2, 0) is 11.2 Å². The molecule has 98 valence electrons. The van der Waals surface area contributed by atoms with Gasteiger partial charge in [-0.15, -0.1) is 0 Å². The summed E-state index contributed by atoms with van der Waals surface area (Å²) in [6, 6.07) is 6.45. The van der Waals surface area contributed by atoms with Crippen LogP contribution in [0.15, 0.2) is 18.2 Å². The molecule has 0 aliphatic carbocycles. The predicted octanol–water partition coefficient (Wildman–Crippen LogP) is 2.46. The van der Waals surface area contributed by atoms with Crippen LogP contribution in [0, 0.1) is 13.8 Å². The maximum absolute atomic E-state index is 12.4. The number of carbonyl (C=O) groups is 1. The normalized spacial score (nSPS) is 20.9. The maximum Gasteiger partial charge on any atom is 0.155 e. The van der Waals surface area contributed by atoms with Crippen LogP contribution in [0.5, 0.6) is 0 Å². The van der Waals surface area contributed by atoms with Gasteiger partial charge in [-0.1, -0.05) is 23.8 Å². The third-order valence-electron chi connectivity index (χ3n) is 3.64. The Bertz CT molecular complexity index is 444. The molecule has 0 aromatic heterocycles. The zero-order valence-corrected chi connectivity index (χ0v) is 12.2. The van der Waals surface area contributed by atoms with Gasteiger partial charge in [-0.25, -0.2) is 0 Å². The highest BCUT2D eigenvalue weighted by atomic mass is 32.2. The van der Waals surface area contributed by atoms with E-state index in [4.69, 9.17) is 0 Å². The van der Waals surface area contributed by atoms with E-state index in [1.807, 2.05) is 11.8 Å². The Morgan fingerprint density at radius 2 is 2.22 bits per heavy atom. The minimum atomic E-state index is 0.101. The summed E-state index contributed by atoms with van der Waals surface area (Å²) in [7, 11) is 2.06. The summed E-state index contributed by atoms with van der Waals surface area (Å²) in [6.45, 7) is 5.19. The Morgan fingerprint density at radius 1 is 1.44 bits per heavy atom. The number of aryl methyl sites for hydroxylation is 2. The van der Waals surface area contributed by atoms with Crippen molar-refractivity contribution in [2.24, 2.45) is 0 Å². The lowest BCUT2D eigenvalue weighted by Gasteiger charge is -2.31. The van der Waals surface area contributed by atoms with Gasteiger partial charge >= 0.3 is 0 Å². The molecule has 0 radical (unpaired) electrons. The average Bonchev–Trinajstić information content (AvgIpc) is 2.34. The minimum absolute atomic E-state index is 0.101. The fourth-order valence-electron chi connectivity index (χ4n) is 2.32. The van der Waals surface area contributed by atoms with Crippen LogP contribution in [0.2, 0.25) is 0 Å². The van der Waals surface area contributed by atoms with E-state index in [1.165, 1.54) is 16.7 Å². The lowest BCUT2D eigenvalue weighted by molar-refractivity contribution is -0.122. The lowest BCUT2D eigenvalue weighted by atomic mass is 9.98. The molecule has 1 aliphatic heterocycles. The smallest absolute Gasteiger partial charge is 0.155 e. The lowest BCUT2D eigenvalue weighted by Crippen LogP contribution is -2.45. The number of hydrogen-bond acceptors (Lipinski definition) is 3. The first-order chi connectivity index (χ1) is 8.58. The van der Waals surface area contributed by atoms with E-state index in [-0.39, 0.29) is 6.04 Å². The van der Waals surface area contributed by atoms with Crippen molar-refractivity contribution in [3.8, 4) is 0 Å². The van der Waals surface area contributed by atoms with Gasteiger partial charge in [-0.3, -0.25) is 9.69 Å². The second-order valence-corrected chi connectivity index (χ2v) is 6.29. The number of carbonyl (C=O) groups excluding carboxylic acids is 1. The quantitative estimate of drug-likeness (QED) is 0.835. The van der Waals surface area contributed by atoms with Gasteiger partial charge in [0.05, 0.1) is 6.04 Å². The van der Waals surface area contributed by atoms with Gasteiger partial charge in [0.25, 0.3) is 0 Å². The van der Waals surface area contributed by atoms with Crippen molar-refractivity contribution in [2.45, 2.75) is 26.3 Å².